The molecule has 80 valence electrons. The van der Waals surface area contributed by atoms with Gasteiger partial charge in [-0.3, -0.25) is 4.79 Å². The van der Waals surface area contributed by atoms with Gasteiger partial charge in [0.05, 0.1) is 10.0 Å². The van der Waals surface area contributed by atoms with E-state index in [0.717, 1.165) is 5.56 Å². The zero-order valence-corrected chi connectivity index (χ0v) is 9.61. The molecule has 0 amide bonds. The minimum atomic E-state index is 0.0115. The molecule has 1 aromatic rings. The van der Waals surface area contributed by atoms with Crippen molar-refractivity contribution in [2.45, 2.75) is 18.9 Å². The van der Waals surface area contributed by atoms with Gasteiger partial charge in [-0.2, -0.15) is 0 Å². The predicted molar refractivity (Wildman–Crippen MR) is 61.4 cm³/mol. The van der Waals surface area contributed by atoms with E-state index in [2.05, 4.69) is 5.32 Å². The lowest BCUT2D eigenvalue weighted by Crippen LogP contribution is -2.32. The van der Waals surface area contributed by atoms with E-state index in [1.807, 2.05) is 12.1 Å². The number of carbonyl (C=O) groups is 1. The summed E-state index contributed by atoms with van der Waals surface area (Å²) in [5.74, 6) is 0.273. The lowest BCUT2D eigenvalue weighted by molar-refractivity contribution is -0.120. The Morgan fingerprint density at radius 3 is 2.87 bits per heavy atom. The van der Waals surface area contributed by atoms with Crippen LogP contribution in [0.25, 0.3) is 0 Å². The first kappa shape index (κ1) is 10.9. The van der Waals surface area contributed by atoms with Crippen LogP contribution in [0.3, 0.4) is 0 Å². The van der Waals surface area contributed by atoms with Gasteiger partial charge < -0.3 is 5.32 Å². The molecule has 1 aliphatic heterocycles. The Kier molecular flexibility index (Phi) is 3.29. The van der Waals surface area contributed by atoms with Gasteiger partial charge in [-0.15, -0.1) is 0 Å². The van der Waals surface area contributed by atoms with Crippen LogP contribution >= 0.6 is 23.2 Å². The quantitative estimate of drug-likeness (QED) is 0.822. The number of rotatable bonds is 1. The van der Waals surface area contributed by atoms with E-state index < -0.39 is 0 Å². The zero-order valence-electron chi connectivity index (χ0n) is 8.09. The molecule has 1 aliphatic rings. The summed E-state index contributed by atoms with van der Waals surface area (Å²) in [4.78, 5) is 11.3. The Morgan fingerprint density at radius 1 is 1.33 bits per heavy atom. The fourth-order valence-electron chi connectivity index (χ4n) is 1.80. The number of halogens is 2. The van der Waals surface area contributed by atoms with Crippen LogP contribution < -0.4 is 5.32 Å². The molecule has 2 rings (SSSR count). The first-order chi connectivity index (χ1) is 7.18. The van der Waals surface area contributed by atoms with Crippen molar-refractivity contribution in [3.63, 3.8) is 0 Å². The minimum absolute atomic E-state index is 0.0115. The van der Waals surface area contributed by atoms with Crippen molar-refractivity contribution in [2.75, 3.05) is 6.54 Å². The Morgan fingerprint density at radius 2 is 2.13 bits per heavy atom. The summed E-state index contributed by atoms with van der Waals surface area (Å²) >= 11 is 12.0. The lowest BCUT2D eigenvalue weighted by Gasteiger charge is -2.24. The zero-order chi connectivity index (χ0) is 10.8. The van der Waals surface area contributed by atoms with Gasteiger partial charge in [0.1, 0.15) is 5.78 Å². The number of nitrogens with one attached hydrogen (secondary N) is 1. The molecule has 1 aromatic carbocycles. The monoisotopic (exact) mass is 243 g/mol. The van der Waals surface area contributed by atoms with Crippen LogP contribution in [-0.4, -0.2) is 12.3 Å². The van der Waals surface area contributed by atoms with Crippen molar-refractivity contribution in [3.8, 4) is 0 Å². The SMILES string of the molecule is O=C1CCNC(c2cccc(Cl)c2Cl)C1. The van der Waals surface area contributed by atoms with Gasteiger partial charge in [0.25, 0.3) is 0 Å². The molecule has 1 heterocycles. The third-order valence-corrected chi connectivity index (χ3v) is 3.42. The van der Waals surface area contributed by atoms with Crippen molar-refractivity contribution >= 4 is 29.0 Å². The number of benzene rings is 1. The van der Waals surface area contributed by atoms with Crippen molar-refractivity contribution in [3.05, 3.63) is 33.8 Å². The highest BCUT2D eigenvalue weighted by Gasteiger charge is 2.22. The third kappa shape index (κ3) is 2.33. The molecule has 0 bridgehead atoms. The molecule has 0 spiro atoms. The lowest BCUT2D eigenvalue weighted by atomic mass is 9.97. The molecule has 1 unspecified atom stereocenters. The van der Waals surface area contributed by atoms with Crippen molar-refractivity contribution in [2.24, 2.45) is 0 Å². The molecule has 1 atom stereocenters. The number of hydrogen-bond acceptors (Lipinski definition) is 2. The second kappa shape index (κ2) is 4.52. The second-order valence-corrected chi connectivity index (χ2v) is 4.43. The van der Waals surface area contributed by atoms with Gasteiger partial charge in [-0.05, 0) is 11.6 Å². The highest BCUT2D eigenvalue weighted by atomic mass is 35.5. The van der Waals surface area contributed by atoms with E-state index in [1.165, 1.54) is 0 Å². The third-order valence-electron chi connectivity index (χ3n) is 2.58. The summed E-state index contributed by atoms with van der Waals surface area (Å²) in [6.07, 6.45) is 1.11. The Bertz CT molecular complexity index is 392. The topological polar surface area (TPSA) is 29.1 Å². The first-order valence-corrected chi connectivity index (χ1v) is 5.63. The van der Waals surface area contributed by atoms with Gasteiger partial charge in [0, 0.05) is 25.4 Å². The number of ketones is 1. The molecular formula is C11H11Cl2NO. The average molecular weight is 244 g/mol. The van der Waals surface area contributed by atoms with E-state index in [4.69, 9.17) is 23.2 Å². The van der Waals surface area contributed by atoms with Crippen molar-refractivity contribution in [1.29, 1.82) is 0 Å². The molecule has 0 radical (unpaired) electrons. The van der Waals surface area contributed by atoms with E-state index in [1.54, 1.807) is 6.07 Å². The minimum Gasteiger partial charge on any atom is -0.309 e. The maximum Gasteiger partial charge on any atom is 0.136 e. The highest BCUT2D eigenvalue weighted by Crippen LogP contribution is 2.32. The molecule has 2 nitrogen and oxygen atoms in total. The summed E-state index contributed by atoms with van der Waals surface area (Å²) in [6.45, 7) is 0.715. The average Bonchev–Trinajstić information content (AvgIpc) is 2.22. The fourth-order valence-corrected chi connectivity index (χ4v) is 2.24. The summed E-state index contributed by atoms with van der Waals surface area (Å²) < 4.78 is 0. The molecule has 0 aliphatic carbocycles. The largest absolute Gasteiger partial charge is 0.309 e. The van der Waals surface area contributed by atoms with Gasteiger partial charge in [-0.25, -0.2) is 0 Å². The van der Waals surface area contributed by atoms with E-state index in [9.17, 15) is 4.79 Å². The summed E-state index contributed by atoms with van der Waals surface area (Å²) in [5, 5.41) is 4.35. The molecule has 1 N–H and O–H groups in total. The molecule has 0 aromatic heterocycles. The number of hydrogen-bond donors (Lipinski definition) is 1. The van der Waals surface area contributed by atoms with Crippen molar-refractivity contribution < 1.29 is 4.79 Å². The van der Waals surface area contributed by atoms with Crippen LogP contribution in [0.2, 0.25) is 10.0 Å². The van der Waals surface area contributed by atoms with Gasteiger partial charge in [0.2, 0.25) is 0 Å². The van der Waals surface area contributed by atoms with Gasteiger partial charge >= 0.3 is 0 Å². The maximum absolute atomic E-state index is 11.3. The maximum atomic E-state index is 11.3. The van der Waals surface area contributed by atoms with E-state index in [-0.39, 0.29) is 11.8 Å². The predicted octanol–water partition coefficient (Wildman–Crippen LogP) is 2.99. The second-order valence-electron chi connectivity index (χ2n) is 3.64. The smallest absolute Gasteiger partial charge is 0.136 e. The van der Waals surface area contributed by atoms with Crippen LogP contribution in [0.4, 0.5) is 0 Å². The number of piperidine rings is 1. The molecule has 15 heavy (non-hydrogen) atoms. The summed E-state index contributed by atoms with van der Waals surface area (Å²) in [5.41, 5.74) is 0.914. The Hall–Kier alpha value is -0.570. The van der Waals surface area contributed by atoms with Crippen LogP contribution in [0.15, 0.2) is 18.2 Å². The van der Waals surface area contributed by atoms with Crippen LogP contribution in [0, 0.1) is 0 Å². The molecule has 1 saturated heterocycles. The van der Waals surface area contributed by atoms with Crippen LogP contribution in [0.1, 0.15) is 24.4 Å². The number of Topliss-reactive ketones (excluding diaryl/α,β-unsaturated/α-hetero) is 1. The van der Waals surface area contributed by atoms with Crippen LogP contribution in [-0.2, 0) is 4.79 Å². The Labute approximate surface area is 98.6 Å². The van der Waals surface area contributed by atoms with E-state index >= 15 is 0 Å². The highest BCUT2D eigenvalue weighted by molar-refractivity contribution is 6.42. The summed E-state index contributed by atoms with van der Waals surface area (Å²) in [7, 11) is 0. The van der Waals surface area contributed by atoms with Crippen LogP contribution in [0.5, 0.6) is 0 Å². The Balaban J connectivity index is 2.28. The standard InChI is InChI=1S/C11H11Cl2NO/c12-9-3-1-2-8(11(9)13)10-6-7(15)4-5-14-10/h1-3,10,14H,4-6H2. The molecule has 4 heteroatoms. The van der Waals surface area contributed by atoms with E-state index in [0.29, 0.717) is 29.4 Å². The molecule has 0 saturated carbocycles. The van der Waals surface area contributed by atoms with Gasteiger partial charge in [0.15, 0.2) is 0 Å². The number of carbonyl (C=O) groups excluding carboxylic acids is 1. The molecular weight excluding hydrogens is 233 g/mol. The normalized spacial score (nSPS) is 21.7. The molecule has 1 fully saturated rings. The first-order valence-electron chi connectivity index (χ1n) is 4.87. The fraction of sp³-hybridized carbons (Fsp3) is 0.364. The van der Waals surface area contributed by atoms with Crippen molar-refractivity contribution in [1.82, 2.24) is 5.32 Å². The van der Waals surface area contributed by atoms with Gasteiger partial charge in [-0.1, -0.05) is 35.3 Å². The summed E-state index contributed by atoms with van der Waals surface area (Å²) in [6, 6.07) is 5.52.